The van der Waals surface area contributed by atoms with E-state index in [2.05, 4.69) is 4.99 Å². The molecule has 0 saturated carbocycles. The van der Waals surface area contributed by atoms with Crippen molar-refractivity contribution in [2.24, 2.45) is 4.99 Å². The molecule has 1 aliphatic rings. The van der Waals surface area contributed by atoms with Crippen molar-refractivity contribution in [3.63, 3.8) is 0 Å². The highest BCUT2D eigenvalue weighted by atomic mass is 32.2. The van der Waals surface area contributed by atoms with Gasteiger partial charge in [-0.05, 0) is 86.2 Å². The lowest BCUT2D eigenvalue weighted by atomic mass is 9.96. The van der Waals surface area contributed by atoms with E-state index in [4.69, 9.17) is 14.2 Å². The molecule has 0 fully saturated rings. The van der Waals surface area contributed by atoms with Crippen molar-refractivity contribution in [2.75, 3.05) is 13.4 Å². The summed E-state index contributed by atoms with van der Waals surface area (Å²) in [6.45, 7) is 5.84. The lowest BCUT2D eigenvalue weighted by Crippen LogP contribution is -2.40. The number of carbonyl (C=O) groups is 1. The summed E-state index contributed by atoms with van der Waals surface area (Å²) < 4.78 is 18.9. The number of esters is 1. The molecule has 0 bridgehead atoms. The number of thioether (sulfide) groups is 1. The first-order valence-corrected chi connectivity index (χ1v) is 15.5. The van der Waals surface area contributed by atoms with Crippen LogP contribution in [0.3, 0.4) is 0 Å². The van der Waals surface area contributed by atoms with E-state index in [1.807, 2.05) is 85.1 Å². The Kier molecular flexibility index (Phi) is 8.99. The van der Waals surface area contributed by atoms with Gasteiger partial charge in [-0.2, -0.15) is 0 Å². The highest BCUT2D eigenvalue weighted by molar-refractivity contribution is 7.98. The Balaban J connectivity index is 1.47. The third kappa shape index (κ3) is 6.37. The molecule has 4 aromatic rings. The zero-order chi connectivity index (χ0) is 29.8. The molecule has 0 N–H and O–H groups in total. The summed E-state index contributed by atoms with van der Waals surface area (Å²) >= 11 is 2.94. The first kappa shape index (κ1) is 29.4. The van der Waals surface area contributed by atoms with Crippen molar-refractivity contribution >= 4 is 35.1 Å². The van der Waals surface area contributed by atoms with Crippen molar-refractivity contribution in [1.29, 1.82) is 0 Å². The number of thiazole rings is 1. The van der Waals surface area contributed by atoms with Crippen LogP contribution in [0.4, 0.5) is 0 Å². The number of benzene rings is 3. The number of fused-ring (bicyclic) bond motifs is 1. The molecule has 0 unspecified atom stereocenters. The number of hydrogen-bond donors (Lipinski definition) is 0. The molecule has 0 aliphatic carbocycles. The summed E-state index contributed by atoms with van der Waals surface area (Å²) in [6.07, 6.45) is 3.55. The molecule has 1 atom stereocenters. The van der Waals surface area contributed by atoms with Gasteiger partial charge in [0.15, 0.2) is 4.80 Å². The topological polar surface area (TPSA) is 79.1 Å². The van der Waals surface area contributed by atoms with E-state index in [0.717, 1.165) is 33.1 Å². The van der Waals surface area contributed by atoms with Crippen LogP contribution in [0.1, 0.15) is 43.5 Å². The maximum Gasteiger partial charge on any atom is 0.338 e. The van der Waals surface area contributed by atoms with Gasteiger partial charge in [-0.3, -0.25) is 9.36 Å². The Hall–Kier alpha value is -4.08. The van der Waals surface area contributed by atoms with E-state index < -0.39 is 12.0 Å². The number of methoxy groups -OCH3 is 1. The van der Waals surface area contributed by atoms with E-state index in [0.29, 0.717) is 27.2 Å². The molecule has 5 rings (SSSR count). The number of hydrogen-bond acceptors (Lipinski definition) is 8. The van der Waals surface area contributed by atoms with Gasteiger partial charge in [0.1, 0.15) is 18.1 Å². The largest absolute Gasteiger partial charge is 0.497 e. The van der Waals surface area contributed by atoms with Crippen LogP contribution in [-0.2, 0) is 16.1 Å². The predicted octanol–water partition coefficient (Wildman–Crippen LogP) is 5.50. The van der Waals surface area contributed by atoms with Crippen molar-refractivity contribution < 1.29 is 19.0 Å². The van der Waals surface area contributed by atoms with Crippen LogP contribution < -0.4 is 24.4 Å². The standard InChI is InChI=1S/C33H32N2O5S2/c1-20(2)40-32(37)29-21(3)34-33-35(30(29)24-10-16-27(41-5)17-11-24)31(36)28(42-33)18-22-6-14-26(15-7-22)39-19-23-8-12-25(38-4)13-9-23/h6-18,20,30H,19H2,1-5H3/b28-18-/t30-/m1/s1. The molecule has 1 aliphatic heterocycles. The van der Waals surface area contributed by atoms with Crippen LogP contribution >= 0.6 is 23.1 Å². The van der Waals surface area contributed by atoms with Gasteiger partial charge in [0.2, 0.25) is 0 Å². The predicted molar refractivity (Wildman–Crippen MR) is 167 cm³/mol. The number of ether oxygens (including phenoxy) is 3. The number of allylic oxidation sites excluding steroid dienone is 1. The molecule has 2 heterocycles. The Bertz CT molecular complexity index is 1790. The summed E-state index contributed by atoms with van der Waals surface area (Å²) in [7, 11) is 1.64. The number of nitrogens with zero attached hydrogens (tertiary/aromatic N) is 2. The third-order valence-electron chi connectivity index (χ3n) is 6.76. The number of aromatic nitrogens is 1. The van der Waals surface area contributed by atoms with E-state index in [-0.39, 0.29) is 11.7 Å². The van der Waals surface area contributed by atoms with E-state index in [9.17, 15) is 9.59 Å². The molecule has 9 heteroatoms. The molecule has 216 valence electrons. The molecule has 0 amide bonds. The van der Waals surface area contributed by atoms with E-state index in [1.54, 1.807) is 44.2 Å². The fourth-order valence-electron chi connectivity index (χ4n) is 4.66. The van der Waals surface area contributed by atoms with Crippen molar-refractivity contribution in [1.82, 2.24) is 4.57 Å². The lowest BCUT2D eigenvalue weighted by Gasteiger charge is -2.25. The maximum atomic E-state index is 13.9. The van der Waals surface area contributed by atoms with Crippen molar-refractivity contribution in [3.05, 3.63) is 120 Å². The van der Waals surface area contributed by atoms with E-state index in [1.165, 1.54) is 11.3 Å². The smallest absolute Gasteiger partial charge is 0.338 e. The molecule has 0 spiro atoms. The summed E-state index contributed by atoms with van der Waals surface area (Å²) in [5.41, 5.74) is 3.42. The second kappa shape index (κ2) is 12.8. The molecule has 1 aromatic heterocycles. The minimum atomic E-state index is -0.640. The zero-order valence-corrected chi connectivity index (χ0v) is 25.8. The van der Waals surface area contributed by atoms with Gasteiger partial charge in [-0.1, -0.05) is 47.7 Å². The van der Waals surface area contributed by atoms with Gasteiger partial charge in [0.25, 0.3) is 5.56 Å². The Morgan fingerprint density at radius 3 is 2.31 bits per heavy atom. The van der Waals surface area contributed by atoms with Gasteiger partial charge in [0, 0.05) is 4.90 Å². The third-order valence-corrected chi connectivity index (χ3v) is 8.48. The Morgan fingerprint density at radius 1 is 1.02 bits per heavy atom. The summed E-state index contributed by atoms with van der Waals surface area (Å²) in [4.78, 5) is 33.4. The van der Waals surface area contributed by atoms with E-state index >= 15 is 0 Å². The van der Waals surface area contributed by atoms with Crippen LogP contribution in [0.25, 0.3) is 6.08 Å². The normalized spacial score (nSPS) is 14.9. The molecule has 0 radical (unpaired) electrons. The monoisotopic (exact) mass is 600 g/mol. The van der Waals surface area contributed by atoms with Crippen LogP contribution in [-0.4, -0.2) is 30.0 Å². The average molecular weight is 601 g/mol. The quantitative estimate of drug-likeness (QED) is 0.187. The van der Waals surface area contributed by atoms with Gasteiger partial charge in [-0.15, -0.1) is 11.8 Å². The summed E-state index contributed by atoms with van der Waals surface area (Å²) in [6, 6.07) is 22.6. The Morgan fingerprint density at radius 2 is 1.69 bits per heavy atom. The summed E-state index contributed by atoms with van der Waals surface area (Å²) in [5.74, 6) is 1.06. The second-order valence-corrected chi connectivity index (χ2v) is 11.9. The van der Waals surface area contributed by atoms with Gasteiger partial charge in [0.05, 0.1) is 35.1 Å². The molecule has 42 heavy (non-hydrogen) atoms. The molecule has 7 nitrogen and oxygen atoms in total. The maximum absolute atomic E-state index is 13.9. The van der Waals surface area contributed by atoms with Crippen molar-refractivity contribution in [3.8, 4) is 11.5 Å². The fourth-order valence-corrected chi connectivity index (χ4v) is 6.12. The first-order chi connectivity index (χ1) is 20.3. The lowest BCUT2D eigenvalue weighted by molar-refractivity contribution is -0.143. The first-order valence-electron chi connectivity index (χ1n) is 13.5. The van der Waals surface area contributed by atoms with Crippen LogP contribution in [0.5, 0.6) is 11.5 Å². The van der Waals surface area contributed by atoms with Gasteiger partial charge < -0.3 is 14.2 Å². The van der Waals surface area contributed by atoms with Gasteiger partial charge >= 0.3 is 5.97 Å². The zero-order valence-electron chi connectivity index (χ0n) is 24.1. The fraction of sp³-hybridized carbons (Fsp3) is 0.242. The molecular weight excluding hydrogens is 569 g/mol. The second-order valence-electron chi connectivity index (χ2n) is 10.0. The Labute approximate surface area is 252 Å². The van der Waals surface area contributed by atoms with Crippen LogP contribution in [0.15, 0.2) is 98.7 Å². The minimum Gasteiger partial charge on any atom is -0.497 e. The number of carbonyl (C=O) groups excluding carboxylic acids is 1. The molecule has 3 aromatic carbocycles. The number of rotatable bonds is 9. The SMILES string of the molecule is COc1ccc(COc2ccc(/C=c3\sc4n(c3=O)[C@H](c3ccc(SC)cc3)C(C(=O)OC(C)C)=C(C)N=4)cc2)cc1. The molecular formula is C33H32N2O5S2. The van der Waals surface area contributed by atoms with Crippen molar-refractivity contribution in [2.45, 2.75) is 44.4 Å². The summed E-state index contributed by atoms with van der Waals surface area (Å²) in [5, 5.41) is 0. The van der Waals surface area contributed by atoms with Crippen LogP contribution in [0.2, 0.25) is 0 Å². The highest BCUT2D eigenvalue weighted by Crippen LogP contribution is 2.32. The highest BCUT2D eigenvalue weighted by Gasteiger charge is 2.33. The minimum absolute atomic E-state index is 0.208. The van der Waals surface area contributed by atoms with Crippen LogP contribution in [0, 0.1) is 0 Å². The average Bonchev–Trinajstić information content (AvgIpc) is 3.29. The molecule has 0 saturated heterocycles. The van der Waals surface area contributed by atoms with Gasteiger partial charge in [-0.25, -0.2) is 9.79 Å².